The zero-order valence-corrected chi connectivity index (χ0v) is 13.0. The molecule has 1 atom stereocenters. The highest BCUT2D eigenvalue weighted by molar-refractivity contribution is 7.99. The third-order valence-corrected chi connectivity index (χ3v) is 4.11. The first-order chi connectivity index (χ1) is 9.91. The van der Waals surface area contributed by atoms with Crippen LogP contribution in [0.15, 0.2) is 29.2 Å². The predicted octanol–water partition coefficient (Wildman–Crippen LogP) is 2.78. The Labute approximate surface area is 128 Å². The summed E-state index contributed by atoms with van der Waals surface area (Å²) < 4.78 is 13.4. The molecule has 0 bridgehead atoms. The van der Waals surface area contributed by atoms with Crippen molar-refractivity contribution in [3.8, 4) is 0 Å². The maximum atomic E-state index is 13.4. The van der Waals surface area contributed by atoms with Crippen LogP contribution in [0.5, 0.6) is 0 Å². The average Bonchev–Trinajstić information content (AvgIpc) is 2.40. The Kier molecular flexibility index (Phi) is 7.22. The fourth-order valence-electron chi connectivity index (χ4n) is 1.74. The Morgan fingerprint density at radius 2 is 2.00 bits per heavy atom. The van der Waals surface area contributed by atoms with Gasteiger partial charge in [0.1, 0.15) is 5.82 Å². The topological polar surface area (TPSA) is 66.4 Å². The smallest absolute Gasteiger partial charge is 0.308 e. The third-order valence-electron chi connectivity index (χ3n) is 3.06. The molecule has 0 aromatic heterocycles. The molecule has 6 heteroatoms. The normalized spacial score (nSPS) is 12.2. The minimum atomic E-state index is -0.911. The molecule has 1 amide bonds. The van der Waals surface area contributed by atoms with Crippen LogP contribution in [-0.4, -0.2) is 29.3 Å². The summed E-state index contributed by atoms with van der Waals surface area (Å²) in [4.78, 5) is 23.2. The Morgan fingerprint density at radius 1 is 1.33 bits per heavy atom. The van der Waals surface area contributed by atoms with Crippen molar-refractivity contribution in [3.63, 3.8) is 0 Å². The van der Waals surface area contributed by atoms with Gasteiger partial charge < -0.3 is 10.4 Å². The van der Waals surface area contributed by atoms with E-state index in [1.54, 1.807) is 32.0 Å². The van der Waals surface area contributed by atoms with E-state index in [9.17, 15) is 14.0 Å². The summed E-state index contributed by atoms with van der Waals surface area (Å²) in [5.74, 6) is -1.61. The summed E-state index contributed by atoms with van der Waals surface area (Å²) in [5.41, 5.74) is 0. The summed E-state index contributed by atoms with van der Waals surface area (Å²) in [5, 5.41) is 11.6. The van der Waals surface area contributed by atoms with Gasteiger partial charge in [-0.3, -0.25) is 9.59 Å². The van der Waals surface area contributed by atoms with Gasteiger partial charge in [0.25, 0.3) is 0 Å². The van der Waals surface area contributed by atoms with Crippen LogP contribution in [-0.2, 0) is 9.59 Å². The van der Waals surface area contributed by atoms with Crippen LogP contribution in [0.2, 0.25) is 0 Å². The van der Waals surface area contributed by atoms with E-state index >= 15 is 0 Å². The van der Waals surface area contributed by atoms with Crippen LogP contribution in [0.25, 0.3) is 0 Å². The second-order valence-electron chi connectivity index (χ2n) is 5.02. The molecule has 4 nitrogen and oxygen atoms in total. The minimum absolute atomic E-state index is 0.0458. The number of carbonyl (C=O) groups is 2. The molecule has 0 aliphatic rings. The molecule has 21 heavy (non-hydrogen) atoms. The van der Waals surface area contributed by atoms with Crippen LogP contribution >= 0.6 is 11.8 Å². The van der Waals surface area contributed by atoms with Gasteiger partial charge in [0.15, 0.2) is 0 Å². The summed E-state index contributed by atoms with van der Waals surface area (Å²) in [6.45, 7) is 3.73. The van der Waals surface area contributed by atoms with Crippen LogP contribution in [0.1, 0.15) is 20.3 Å². The standard InChI is InChI=1S/C15H20FNO3S/c1-10(2)11(15(19)20)9-17-14(18)7-8-21-13-6-4-3-5-12(13)16/h3-6,10-11H,7-9H2,1-2H3,(H,17,18)(H,19,20). The number of nitrogens with one attached hydrogen (secondary N) is 1. The summed E-state index contributed by atoms with van der Waals surface area (Å²) >= 11 is 1.27. The first kappa shape index (κ1) is 17.5. The fourth-order valence-corrected chi connectivity index (χ4v) is 2.62. The van der Waals surface area contributed by atoms with Crippen LogP contribution < -0.4 is 5.32 Å². The number of halogens is 1. The first-order valence-electron chi connectivity index (χ1n) is 6.78. The van der Waals surface area contributed by atoms with E-state index in [2.05, 4.69) is 5.32 Å². The van der Waals surface area contributed by atoms with Gasteiger partial charge in [-0.2, -0.15) is 0 Å². The van der Waals surface area contributed by atoms with Gasteiger partial charge in [-0.05, 0) is 18.1 Å². The lowest BCUT2D eigenvalue weighted by atomic mass is 9.96. The molecule has 0 fully saturated rings. The molecule has 0 radical (unpaired) electrons. The van der Waals surface area contributed by atoms with Crippen LogP contribution in [0, 0.1) is 17.7 Å². The zero-order valence-electron chi connectivity index (χ0n) is 12.1. The second kappa shape index (κ2) is 8.67. The Bertz CT molecular complexity index is 494. The molecule has 1 aromatic carbocycles. The summed E-state index contributed by atoms with van der Waals surface area (Å²) in [7, 11) is 0. The maximum absolute atomic E-state index is 13.4. The van der Waals surface area contributed by atoms with E-state index in [0.29, 0.717) is 10.6 Å². The molecule has 1 unspecified atom stereocenters. The molecular weight excluding hydrogens is 293 g/mol. The maximum Gasteiger partial charge on any atom is 0.308 e. The Hall–Kier alpha value is -1.56. The number of rotatable bonds is 8. The number of aliphatic carboxylic acids is 1. The number of carboxylic acid groups (broad SMARTS) is 1. The number of thioether (sulfide) groups is 1. The lowest BCUT2D eigenvalue weighted by Gasteiger charge is -2.16. The molecule has 0 saturated carbocycles. The van der Waals surface area contributed by atoms with Gasteiger partial charge in [0, 0.05) is 23.6 Å². The lowest BCUT2D eigenvalue weighted by molar-refractivity contribution is -0.143. The van der Waals surface area contributed by atoms with Crippen molar-refractivity contribution < 1.29 is 19.1 Å². The molecule has 0 heterocycles. The SMILES string of the molecule is CC(C)C(CNC(=O)CCSc1ccccc1F)C(=O)O. The van der Waals surface area contributed by atoms with E-state index in [0.717, 1.165) is 0 Å². The van der Waals surface area contributed by atoms with E-state index < -0.39 is 11.9 Å². The van der Waals surface area contributed by atoms with Gasteiger partial charge in [0.05, 0.1) is 5.92 Å². The fraction of sp³-hybridized carbons (Fsp3) is 0.467. The molecule has 116 valence electrons. The van der Waals surface area contributed by atoms with E-state index in [1.807, 2.05) is 0 Å². The molecule has 0 saturated heterocycles. The molecule has 2 N–H and O–H groups in total. The summed E-state index contributed by atoms with van der Waals surface area (Å²) in [6.07, 6.45) is 0.226. The van der Waals surface area contributed by atoms with Crippen molar-refractivity contribution in [3.05, 3.63) is 30.1 Å². The van der Waals surface area contributed by atoms with Crippen molar-refractivity contribution in [2.45, 2.75) is 25.2 Å². The number of carbonyl (C=O) groups excluding carboxylic acids is 1. The second-order valence-corrected chi connectivity index (χ2v) is 6.16. The van der Waals surface area contributed by atoms with Gasteiger partial charge in [0.2, 0.25) is 5.91 Å². The van der Waals surface area contributed by atoms with Gasteiger partial charge >= 0.3 is 5.97 Å². The summed E-state index contributed by atoms with van der Waals surface area (Å²) in [6, 6.07) is 6.40. The van der Waals surface area contributed by atoms with Crippen LogP contribution in [0.4, 0.5) is 4.39 Å². The quantitative estimate of drug-likeness (QED) is 0.724. The highest BCUT2D eigenvalue weighted by Gasteiger charge is 2.21. The van der Waals surface area contributed by atoms with E-state index in [1.165, 1.54) is 17.8 Å². The minimum Gasteiger partial charge on any atom is -0.481 e. The van der Waals surface area contributed by atoms with Gasteiger partial charge in [-0.15, -0.1) is 11.8 Å². The average molecular weight is 313 g/mol. The highest BCUT2D eigenvalue weighted by Crippen LogP contribution is 2.21. The van der Waals surface area contributed by atoms with Crippen LogP contribution in [0.3, 0.4) is 0 Å². The van der Waals surface area contributed by atoms with Crippen molar-refractivity contribution in [2.24, 2.45) is 11.8 Å². The molecule has 1 aromatic rings. The number of amides is 1. The number of hydrogen-bond donors (Lipinski definition) is 2. The van der Waals surface area contributed by atoms with E-state index in [4.69, 9.17) is 5.11 Å². The van der Waals surface area contributed by atoms with Gasteiger partial charge in [-0.25, -0.2) is 4.39 Å². The molecule has 0 aliphatic carbocycles. The predicted molar refractivity (Wildman–Crippen MR) is 80.7 cm³/mol. The zero-order chi connectivity index (χ0) is 15.8. The number of carboxylic acids is 1. The number of benzene rings is 1. The van der Waals surface area contributed by atoms with Crippen molar-refractivity contribution in [1.29, 1.82) is 0 Å². The largest absolute Gasteiger partial charge is 0.481 e. The van der Waals surface area contributed by atoms with E-state index in [-0.39, 0.29) is 30.6 Å². The molecular formula is C15H20FNO3S. The highest BCUT2D eigenvalue weighted by atomic mass is 32.2. The van der Waals surface area contributed by atoms with Crippen molar-refractivity contribution in [1.82, 2.24) is 5.32 Å². The van der Waals surface area contributed by atoms with Gasteiger partial charge in [-0.1, -0.05) is 26.0 Å². The molecule has 0 aliphatic heterocycles. The third kappa shape index (κ3) is 6.16. The first-order valence-corrected chi connectivity index (χ1v) is 7.77. The number of hydrogen-bond acceptors (Lipinski definition) is 3. The Balaban J connectivity index is 2.31. The van der Waals surface area contributed by atoms with Crippen molar-refractivity contribution in [2.75, 3.05) is 12.3 Å². The monoisotopic (exact) mass is 313 g/mol. The van der Waals surface area contributed by atoms with Crippen molar-refractivity contribution >= 4 is 23.6 Å². The molecule has 1 rings (SSSR count). The lowest BCUT2D eigenvalue weighted by Crippen LogP contribution is -2.35. The Morgan fingerprint density at radius 3 is 2.57 bits per heavy atom. The molecule has 0 spiro atoms.